The van der Waals surface area contributed by atoms with Crippen molar-refractivity contribution >= 4 is 40.6 Å². The summed E-state index contributed by atoms with van der Waals surface area (Å²) in [5, 5.41) is 0.366. The summed E-state index contributed by atoms with van der Waals surface area (Å²) in [6.45, 7) is 3.66. The van der Waals surface area contributed by atoms with Crippen LogP contribution in [0.2, 0.25) is 5.15 Å². The fraction of sp³-hybridized carbons (Fsp3) is 0.263. The smallest absolute Gasteiger partial charge is 0.161 e. The van der Waals surface area contributed by atoms with Gasteiger partial charge in [0.2, 0.25) is 0 Å². The zero-order valence-corrected chi connectivity index (χ0v) is 15.3. The van der Waals surface area contributed by atoms with Crippen molar-refractivity contribution in [1.82, 2.24) is 19.9 Å². The Morgan fingerprint density at radius 3 is 2.30 bits per heavy atom. The highest BCUT2D eigenvalue weighted by Crippen LogP contribution is 2.22. The predicted molar refractivity (Wildman–Crippen MR) is 102 cm³/mol. The summed E-state index contributed by atoms with van der Waals surface area (Å²) in [7, 11) is 0. The van der Waals surface area contributed by atoms with E-state index < -0.39 is 11.6 Å². The van der Waals surface area contributed by atoms with Gasteiger partial charge in [-0.15, -0.1) is 0 Å². The van der Waals surface area contributed by atoms with Gasteiger partial charge < -0.3 is 4.90 Å². The minimum Gasteiger partial charge on any atom is -0.356 e. The van der Waals surface area contributed by atoms with Crippen LogP contribution in [-0.4, -0.2) is 33.0 Å². The van der Waals surface area contributed by atoms with Crippen LogP contribution in [0.15, 0.2) is 18.2 Å². The van der Waals surface area contributed by atoms with Crippen molar-refractivity contribution in [1.29, 1.82) is 0 Å². The summed E-state index contributed by atoms with van der Waals surface area (Å²) in [5.74, 6) is -0.646. The number of hydrogen-bond acceptors (Lipinski definition) is 5. The zero-order chi connectivity index (χ0) is 19.0. The fourth-order valence-electron chi connectivity index (χ4n) is 3.07. The van der Waals surface area contributed by atoms with E-state index in [-0.39, 0.29) is 5.52 Å². The standard InChI is InChI=1S/C19H16ClF2N5/c1-11-14(24-16-9-13(22)12(21)8-15(16)23-11)4-5-18-25-17(20)10-19(26-18)27-6-2-3-7-27/h4-5,8-10H,2-3,6-7H2,1H3. The molecule has 1 aromatic carbocycles. The summed E-state index contributed by atoms with van der Waals surface area (Å²) < 4.78 is 26.8. The third-order valence-corrected chi connectivity index (χ3v) is 4.63. The van der Waals surface area contributed by atoms with Crippen molar-refractivity contribution in [2.75, 3.05) is 18.0 Å². The van der Waals surface area contributed by atoms with Gasteiger partial charge in [0.15, 0.2) is 17.5 Å². The molecule has 3 aromatic rings. The van der Waals surface area contributed by atoms with Gasteiger partial charge in [-0.2, -0.15) is 0 Å². The molecule has 1 aliphatic heterocycles. The van der Waals surface area contributed by atoms with E-state index in [1.807, 2.05) is 0 Å². The maximum atomic E-state index is 13.5. The molecule has 0 N–H and O–H groups in total. The van der Waals surface area contributed by atoms with E-state index in [1.54, 1.807) is 25.1 Å². The second kappa shape index (κ2) is 7.15. The first-order chi connectivity index (χ1) is 13.0. The molecule has 0 saturated carbocycles. The van der Waals surface area contributed by atoms with Crippen molar-refractivity contribution in [3.05, 3.63) is 52.2 Å². The number of aromatic nitrogens is 4. The van der Waals surface area contributed by atoms with Crippen molar-refractivity contribution in [3.8, 4) is 0 Å². The quantitative estimate of drug-likeness (QED) is 0.622. The van der Waals surface area contributed by atoms with Gasteiger partial charge in [-0.05, 0) is 31.9 Å². The highest BCUT2D eigenvalue weighted by Gasteiger charge is 2.15. The van der Waals surface area contributed by atoms with E-state index >= 15 is 0 Å². The Morgan fingerprint density at radius 1 is 0.926 bits per heavy atom. The average molecular weight is 388 g/mol. The maximum absolute atomic E-state index is 13.5. The average Bonchev–Trinajstić information content (AvgIpc) is 3.16. The SMILES string of the molecule is Cc1nc2cc(F)c(F)cc2nc1C=Cc1nc(Cl)cc(N2CCCC2)n1. The van der Waals surface area contributed by atoms with Crippen LogP contribution in [0.5, 0.6) is 0 Å². The van der Waals surface area contributed by atoms with Crippen LogP contribution in [0.4, 0.5) is 14.6 Å². The second-order valence-corrected chi connectivity index (χ2v) is 6.77. The Morgan fingerprint density at radius 2 is 1.59 bits per heavy atom. The van der Waals surface area contributed by atoms with E-state index in [4.69, 9.17) is 11.6 Å². The second-order valence-electron chi connectivity index (χ2n) is 6.38. The van der Waals surface area contributed by atoms with Crippen molar-refractivity contribution < 1.29 is 8.78 Å². The van der Waals surface area contributed by atoms with Crippen molar-refractivity contribution in [3.63, 3.8) is 0 Å². The van der Waals surface area contributed by atoms with Crippen LogP contribution in [0.1, 0.15) is 30.1 Å². The van der Waals surface area contributed by atoms with Crippen LogP contribution < -0.4 is 4.90 Å². The van der Waals surface area contributed by atoms with Crippen LogP contribution >= 0.6 is 11.6 Å². The van der Waals surface area contributed by atoms with Crippen molar-refractivity contribution in [2.45, 2.75) is 19.8 Å². The Hall–Kier alpha value is -2.67. The topological polar surface area (TPSA) is 54.8 Å². The van der Waals surface area contributed by atoms with Crippen molar-refractivity contribution in [2.24, 2.45) is 0 Å². The molecule has 1 saturated heterocycles. The minimum atomic E-state index is -0.955. The van der Waals surface area contributed by atoms with Gasteiger partial charge >= 0.3 is 0 Å². The number of anilines is 1. The Balaban J connectivity index is 1.68. The van der Waals surface area contributed by atoms with Crippen LogP contribution in [0.3, 0.4) is 0 Å². The molecule has 0 spiro atoms. The largest absolute Gasteiger partial charge is 0.356 e. The van der Waals surface area contributed by atoms with Gasteiger partial charge in [0.25, 0.3) is 0 Å². The first kappa shape index (κ1) is 17.7. The molecular formula is C19H16ClF2N5. The number of fused-ring (bicyclic) bond motifs is 1. The van der Waals surface area contributed by atoms with Gasteiger partial charge in [-0.25, -0.2) is 28.7 Å². The summed E-state index contributed by atoms with van der Waals surface area (Å²) in [6, 6.07) is 3.83. The summed E-state index contributed by atoms with van der Waals surface area (Å²) in [4.78, 5) is 19.6. The number of hydrogen-bond donors (Lipinski definition) is 0. The van der Waals surface area contributed by atoms with E-state index in [0.717, 1.165) is 43.9 Å². The van der Waals surface area contributed by atoms with Crippen LogP contribution in [0, 0.1) is 18.6 Å². The normalized spacial score (nSPS) is 14.6. The summed E-state index contributed by atoms with van der Waals surface area (Å²) in [5.41, 5.74) is 1.70. The van der Waals surface area contributed by atoms with E-state index in [9.17, 15) is 8.78 Å². The molecule has 4 rings (SSSR count). The van der Waals surface area contributed by atoms with E-state index in [1.165, 1.54) is 0 Å². The molecule has 27 heavy (non-hydrogen) atoms. The summed E-state index contributed by atoms with van der Waals surface area (Å²) >= 11 is 6.13. The van der Waals surface area contributed by atoms with Gasteiger partial charge in [0.05, 0.1) is 22.4 Å². The Kier molecular flexibility index (Phi) is 4.70. The number of nitrogens with zero attached hydrogens (tertiary/aromatic N) is 5. The highest BCUT2D eigenvalue weighted by atomic mass is 35.5. The van der Waals surface area contributed by atoms with Gasteiger partial charge in [-0.1, -0.05) is 11.6 Å². The van der Waals surface area contributed by atoms with Gasteiger partial charge in [0.1, 0.15) is 11.0 Å². The molecular weight excluding hydrogens is 372 g/mol. The molecule has 1 fully saturated rings. The summed E-state index contributed by atoms with van der Waals surface area (Å²) in [6.07, 6.45) is 5.66. The van der Waals surface area contributed by atoms with Gasteiger partial charge in [-0.3, -0.25) is 0 Å². The lowest BCUT2D eigenvalue weighted by Crippen LogP contribution is -2.19. The maximum Gasteiger partial charge on any atom is 0.161 e. The minimum absolute atomic E-state index is 0.281. The fourth-order valence-corrected chi connectivity index (χ4v) is 3.25. The molecule has 3 heterocycles. The third-order valence-electron chi connectivity index (χ3n) is 4.44. The molecule has 0 radical (unpaired) electrons. The van der Waals surface area contributed by atoms with Crippen LogP contribution in [0.25, 0.3) is 23.2 Å². The highest BCUT2D eigenvalue weighted by molar-refractivity contribution is 6.29. The lowest BCUT2D eigenvalue weighted by molar-refractivity contribution is 0.510. The molecule has 0 amide bonds. The molecule has 1 aliphatic rings. The van der Waals surface area contributed by atoms with E-state index in [0.29, 0.717) is 27.9 Å². The number of aryl methyl sites for hydroxylation is 1. The zero-order valence-electron chi connectivity index (χ0n) is 14.6. The molecule has 0 bridgehead atoms. The number of benzene rings is 1. The predicted octanol–water partition coefficient (Wildman–Crippen LogP) is 4.43. The first-order valence-corrected chi connectivity index (χ1v) is 8.98. The first-order valence-electron chi connectivity index (χ1n) is 8.60. The molecule has 0 atom stereocenters. The van der Waals surface area contributed by atoms with Gasteiger partial charge in [0, 0.05) is 31.3 Å². The van der Waals surface area contributed by atoms with E-state index in [2.05, 4.69) is 24.8 Å². The lowest BCUT2D eigenvalue weighted by Gasteiger charge is -2.16. The molecule has 8 heteroatoms. The Labute approximate surface area is 159 Å². The number of halogens is 3. The molecule has 2 aromatic heterocycles. The van der Waals surface area contributed by atoms with Crippen LogP contribution in [-0.2, 0) is 0 Å². The monoisotopic (exact) mass is 387 g/mol. The molecule has 0 aliphatic carbocycles. The lowest BCUT2D eigenvalue weighted by atomic mass is 10.2. The number of rotatable bonds is 3. The molecule has 138 valence electrons. The Bertz CT molecular complexity index is 1050. The third kappa shape index (κ3) is 3.73. The molecule has 0 unspecified atom stereocenters. The molecule has 5 nitrogen and oxygen atoms in total.